The Hall–Kier alpha value is -3.68. The van der Waals surface area contributed by atoms with E-state index in [9.17, 15) is 22.8 Å². The van der Waals surface area contributed by atoms with Crippen molar-refractivity contribution in [1.82, 2.24) is 9.99 Å². The molecule has 0 aliphatic heterocycles. The number of benzene rings is 2. The standard InChI is InChI=1S/C22H18F3N3O2/c1-15-8-10-16(11-9-15)14-28-12-4-6-18(21(28)30)20(29)27-26-13-17-5-2-3-7-19(17)22(23,24)25/h2-13H,14H2,1H3,(H,27,29)/b26-13-. The van der Waals surface area contributed by atoms with Crippen LogP contribution in [0.2, 0.25) is 0 Å². The molecule has 0 aliphatic rings. The van der Waals surface area contributed by atoms with E-state index in [1.807, 2.05) is 31.2 Å². The number of halogens is 3. The molecule has 0 aliphatic carbocycles. The van der Waals surface area contributed by atoms with Crippen molar-refractivity contribution < 1.29 is 18.0 Å². The topological polar surface area (TPSA) is 63.5 Å². The molecule has 30 heavy (non-hydrogen) atoms. The van der Waals surface area contributed by atoms with Gasteiger partial charge in [-0.05, 0) is 30.7 Å². The molecular formula is C22H18F3N3O2. The van der Waals surface area contributed by atoms with Crippen molar-refractivity contribution in [2.24, 2.45) is 5.10 Å². The number of aryl methyl sites for hydroxylation is 1. The van der Waals surface area contributed by atoms with Gasteiger partial charge in [-0.2, -0.15) is 18.3 Å². The fourth-order valence-electron chi connectivity index (χ4n) is 2.81. The minimum absolute atomic E-state index is 0.161. The summed E-state index contributed by atoms with van der Waals surface area (Å²) in [5, 5.41) is 3.58. The fourth-order valence-corrected chi connectivity index (χ4v) is 2.81. The van der Waals surface area contributed by atoms with Gasteiger partial charge < -0.3 is 4.57 Å². The average molecular weight is 413 g/mol. The minimum atomic E-state index is -4.55. The molecule has 3 aromatic rings. The van der Waals surface area contributed by atoms with Gasteiger partial charge in [-0.3, -0.25) is 9.59 Å². The van der Waals surface area contributed by atoms with Crippen LogP contribution in [0.4, 0.5) is 13.2 Å². The number of hydrogen-bond acceptors (Lipinski definition) is 3. The monoisotopic (exact) mass is 413 g/mol. The van der Waals surface area contributed by atoms with E-state index in [-0.39, 0.29) is 17.7 Å². The zero-order chi connectivity index (χ0) is 21.7. The maximum Gasteiger partial charge on any atom is 0.417 e. The summed E-state index contributed by atoms with van der Waals surface area (Å²) in [6.45, 7) is 2.23. The summed E-state index contributed by atoms with van der Waals surface area (Å²) in [6.07, 6.45) is -2.09. The average Bonchev–Trinajstić information content (AvgIpc) is 2.70. The van der Waals surface area contributed by atoms with Crippen LogP contribution < -0.4 is 11.0 Å². The molecule has 2 aromatic carbocycles. The zero-order valence-electron chi connectivity index (χ0n) is 16.0. The lowest BCUT2D eigenvalue weighted by atomic mass is 10.1. The van der Waals surface area contributed by atoms with E-state index in [1.165, 1.54) is 28.8 Å². The first-order chi connectivity index (χ1) is 14.3. The smallest absolute Gasteiger partial charge is 0.310 e. The van der Waals surface area contributed by atoms with E-state index in [0.717, 1.165) is 23.4 Å². The fraction of sp³-hybridized carbons (Fsp3) is 0.136. The Morgan fingerprint density at radius 3 is 2.47 bits per heavy atom. The van der Waals surface area contributed by atoms with E-state index in [0.29, 0.717) is 0 Å². The third kappa shape index (κ3) is 5.02. The van der Waals surface area contributed by atoms with Gasteiger partial charge >= 0.3 is 6.18 Å². The normalized spacial score (nSPS) is 11.6. The van der Waals surface area contributed by atoms with Crippen molar-refractivity contribution in [3.05, 3.63) is 105 Å². The molecule has 1 heterocycles. The molecule has 0 saturated carbocycles. The number of hydrazone groups is 1. The Bertz CT molecular complexity index is 1130. The molecular weight excluding hydrogens is 395 g/mol. The molecule has 5 nitrogen and oxygen atoms in total. The van der Waals surface area contributed by atoms with Crippen LogP contribution in [-0.4, -0.2) is 16.7 Å². The molecule has 1 aromatic heterocycles. The number of rotatable bonds is 5. The van der Waals surface area contributed by atoms with Crippen molar-refractivity contribution in [2.75, 3.05) is 0 Å². The predicted molar refractivity (Wildman–Crippen MR) is 107 cm³/mol. The van der Waals surface area contributed by atoms with Crippen molar-refractivity contribution in [3.63, 3.8) is 0 Å². The first-order valence-corrected chi connectivity index (χ1v) is 9.00. The summed E-state index contributed by atoms with van der Waals surface area (Å²) in [5.74, 6) is -0.806. The van der Waals surface area contributed by atoms with Gasteiger partial charge in [-0.1, -0.05) is 48.0 Å². The Morgan fingerprint density at radius 2 is 1.77 bits per heavy atom. The second-order valence-corrected chi connectivity index (χ2v) is 6.62. The van der Waals surface area contributed by atoms with Gasteiger partial charge in [0.2, 0.25) is 0 Å². The molecule has 0 atom stereocenters. The number of nitrogens with zero attached hydrogens (tertiary/aromatic N) is 2. The van der Waals surface area contributed by atoms with Gasteiger partial charge in [0.05, 0.1) is 18.3 Å². The van der Waals surface area contributed by atoms with E-state index in [2.05, 4.69) is 10.5 Å². The maximum absolute atomic E-state index is 13.0. The number of amides is 1. The van der Waals surface area contributed by atoms with Gasteiger partial charge in [0.15, 0.2) is 0 Å². The Morgan fingerprint density at radius 1 is 1.07 bits per heavy atom. The van der Waals surface area contributed by atoms with Crippen LogP contribution in [0.1, 0.15) is 32.6 Å². The Kier molecular flexibility index (Phi) is 6.15. The van der Waals surface area contributed by atoms with Crippen molar-refractivity contribution in [2.45, 2.75) is 19.6 Å². The number of pyridine rings is 1. The second kappa shape index (κ2) is 8.77. The van der Waals surface area contributed by atoms with Crippen LogP contribution in [0.15, 0.2) is 76.8 Å². The molecule has 1 N–H and O–H groups in total. The molecule has 154 valence electrons. The van der Waals surface area contributed by atoms with Gasteiger partial charge in [0.25, 0.3) is 11.5 Å². The summed E-state index contributed by atoms with van der Waals surface area (Å²) < 4.78 is 40.4. The third-order valence-corrected chi connectivity index (χ3v) is 4.37. The Labute approximate surface area is 170 Å². The summed E-state index contributed by atoms with van der Waals surface area (Å²) in [6, 6.07) is 15.3. The van der Waals surface area contributed by atoms with Crippen molar-refractivity contribution >= 4 is 12.1 Å². The molecule has 0 fully saturated rings. The second-order valence-electron chi connectivity index (χ2n) is 6.62. The lowest BCUT2D eigenvalue weighted by Crippen LogP contribution is -2.31. The van der Waals surface area contributed by atoms with Crippen LogP contribution in [-0.2, 0) is 12.7 Å². The molecule has 3 rings (SSSR count). The van der Waals surface area contributed by atoms with Crippen molar-refractivity contribution in [1.29, 1.82) is 0 Å². The predicted octanol–water partition coefficient (Wildman–Crippen LogP) is 3.99. The first-order valence-electron chi connectivity index (χ1n) is 9.00. The number of aromatic nitrogens is 1. The van der Waals surface area contributed by atoms with Gasteiger partial charge in [-0.15, -0.1) is 0 Å². The van der Waals surface area contributed by atoms with Crippen LogP contribution in [0, 0.1) is 6.92 Å². The molecule has 0 spiro atoms. The van der Waals surface area contributed by atoms with Crippen LogP contribution in [0.25, 0.3) is 0 Å². The van der Waals surface area contributed by atoms with Gasteiger partial charge in [-0.25, -0.2) is 5.43 Å². The highest BCUT2D eigenvalue weighted by Gasteiger charge is 2.32. The number of carbonyl (C=O) groups is 1. The molecule has 0 unspecified atom stereocenters. The third-order valence-electron chi connectivity index (χ3n) is 4.37. The van der Waals surface area contributed by atoms with E-state index < -0.39 is 23.2 Å². The summed E-state index contributed by atoms with van der Waals surface area (Å²) in [5.41, 5.74) is 2.33. The summed E-state index contributed by atoms with van der Waals surface area (Å²) in [4.78, 5) is 24.9. The maximum atomic E-state index is 13.0. The minimum Gasteiger partial charge on any atom is -0.310 e. The molecule has 0 bridgehead atoms. The highest BCUT2D eigenvalue weighted by Crippen LogP contribution is 2.31. The zero-order valence-corrected chi connectivity index (χ0v) is 16.0. The largest absolute Gasteiger partial charge is 0.417 e. The van der Waals surface area contributed by atoms with E-state index in [4.69, 9.17) is 0 Å². The molecule has 8 heteroatoms. The highest BCUT2D eigenvalue weighted by molar-refractivity contribution is 5.94. The Balaban J connectivity index is 1.76. The number of hydrogen-bond donors (Lipinski definition) is 1. The van der Waals surface area contributed by atoms with Gasteiger partial charge in [0.1, 0.15) is 5.56 Å². The first kappa shape index (κ1) is 21.0. The lowest BCUT2D eigenvalue weighted by molar-refractivity contribution is -0.137. The lowest BCUT2D eigenvalue weighted by Gasteiger charge is -2.09. The SMILES string of the molecule is Cc1ccc(Cn2cccc(C(=O)N/N=C\c3ccccc3C(F)(F)F)c2=O)cc1. The summed E-state index contributed by atoms with van der Waals surface area (Å²) >= 11 is 0. The van der Waals surface area contributed by atoms with Crippen LogP contribution in [0.3, 0.4) is 0 Å². The van der Waals surface area contributed by atoms with Crippen LogP contribution >= 0.6 is 0 Å². The summed E-state index contributed by atoms with van der Waals surface area (Å²) in [7, 11) is 0. The highest BCUT2D eigenvalue weighted by atomic mass is 19.4. The van der Waals surface area contributed by atoms with E-state index >= 15 is 0 Å². The number of nitrogens with one attached hydrogen (secondary N) is 1. The quantitative estimate of drug-likeness (QED) is 0.508. The number of alkyl halides is 3. The number of carbonyl (C=O) groups excluding carboxylic acids is 1. The molecule has 1 amide bonds. The van der Waals surface area contributed by atoms with Crippen molar-refractivity contribution in [3.8, 4) is 0 Å². The van der Waals surface area contributed by atoms with E-state index in [1.54, 1.807) is 12.3 Å². The van der Waals surface area contributed by atoms with Crippen LogP contribution in [0.5, 0.6) is 0 Å². The molecule has 0 radical (unpaired) electrons. The molecule has 0 saturated heterocycles. The van der Waals surface area contributed by atoms with Gasteiger partial charge in [0, 0.05) is 11.8 Å².